The highest BCUT2D eigenvalue weighted by atomic mass is 16.2. The van der Waals surface area contributed by atoms with Crippen LogP contribution in [-0.2, 0) is 9.59 Å². The van der Waals surface area contributed by atoms with Gasteiger partial charge in [-0.2, -0.15) is 0 Å². The number of hydrogen-bond acceptors (Lipinski definition) is 2. The number of carbonyl (C=O) groups excluding carboxylic acids is 2. The van der Waals surface area contributed by atoms with Crippen molar-refractivity contribution in [1.82, 2.24) is 10.6 Å². The lowest BCUT2D eigenvalue weighted by atomic mass is 9.49. The maximum absolute atomic E-state index is 12.8. The van der Waals surface area contributed by atoms with E-state index in [1.165, 1.54) is 19.3 Å². The highest BCUT2D eigenvalue weighted by Gasteiger charge is 2.54. The van der Waals surface area contributed by atoms with Crippen molar-refractivity contribution in [1.29, 1.82) is 0 Å². The van der Waals surface area contributed by atoms with Gasteiger partial charge in [-0.3, -0.25) is 9.59 Å². The third-order valence-corrected chi connectivity index (χ3v) is 5.69. The third kappa shape index (κ3) is 2.82. The molecule has 4 rings (SSSR count). The van der Waals surface area contributed by atoms with Gasteiger partial charge in [0.15, 0.2) is 0 Å². The van der Waals surface area contributed by atoms with E-state index in [9.17, 15) is 9.59 Å². The van der Waals surface area contributed by atoms with Crippen LogP contribution in [0.1, 0.15) is 59.3 Å². The first-order valence-electron chi connectivity index (χ1n) is 8.49. The van der Waals surface area contributed by atoms with E-state index in [-0.39, 0.29) is 23.3 Å². The molecule has 0 spiro atoms. The molecule has 4 fully saturated rings. The standard InChI is InChI=1S/C17H28N2O2/c1-10(2)18-15(20)11(3)19-16(21)17-7-12-4-13(8-17)6-14(5-12)9-17/h10-14H,4-9H2,1-3H3,(H,18,20)(H,19,21)/t11-,12?,13?,14?,17?/m1/s1. The first kappa shape index (κ1) is 14.9. The molecule has 0 aromatic heterocycles. The van der Waals surface area contributed by atoms with Crippen LogP contribution in [0.25, 0.3) is 0 Å². The summed E-state index contributed by atoms with van der Waals surface area (Å²) in [6, 6.07) is -0.329. The topological polar surface area (TPSA) is 58.2 Å². The Morgan fingerprint density at radius 2 is 1.38 bits per heavy atom. The molecule has 0 aromatic rings. The lowest BCUT2D eigenvalue weighted by Gasteiger charge is -2.55. The minimum Gasteiger partial charge on any atom is -0.352 e. The maximum atomic E-state index is 12.8. The molecule has 4 saturated carbocycles. The van der Waals surface area contributed by atoms with Crippen LogP contribution in [0.3, 0.4) is 0 Å². The fourth-order valence-electron chi connectivity index (χ4n) is 5.21. The van der Waals surface area contributed by atoms with Gasteiger partial charge in [0, 0.05) is 11.5 Å². The second-order valence-corrected chi connectivity index (χ2v) is 8.06. The number of hydrogen-bond donors (Lipinski definition) is 2. The Kier molecular flexibility index (Phi) is 3.74. The fourth-order valence-corrected chi connectivity index (χ4v) is 5.21. The summed E-state index contributed by atoms with van der Waals surface area (Å²) >= 11 is 0. The molecule has 4 aliphatic carbocycles. The summed E-state index contributed by atoms with van der Waals surface area (Å²) in [4.78, 5) is 24.8. The SMILES string of the molecule is CC(C)NC(=O)[C@@H](C)NC(=O)C12CC3CC(CC(C3)C1)C2. The Morgan fingerprint density at radius 3 is 1.81 bits per heavy atom. The highest BCUT2D eigenvalue weighted by molar-refractivity contribution is 5.90. The number of carbonyl (C=O) groups is 2. The molecule has 4 heteroatoms. The smallest absolute Gasteiger partial charge is 0.242 e. The molecular formula is C17H28N2O2. The molecule has 0 unspecified atom stereocenters. The molecule has 1 atom stereocenters. The van der Waals surface area contributed by atoms with E-state index in [0.29, 0.717) is 0 Å². The largest absolute Gasteiger partial charge is 0.352 e. The monoisotopic (exact) mass is 292 g/mol. The molecule has 4 aliphatic rings. The predicted octanol–water partition coefficient (Wildman–Crippen LogP) is 2.23. The van der Waals surface area contributed by atoms with Gasteiger partial charge in [-0.25, -0.2) is 0 Å². The van der Waals surface area contributed by atoms with E-state index in [0.717, 1.165) is 37.0 Å². The van der Waals surface area contributed by atoms with E-state index in [4.69, 9.17) is 0 Å². The van der Waals surface area contributed by atoms with Crippen molar-refractivity contribution in [3.05, 3.63) is 0 Å². The van der Waals surface area contributed by atoms with Crippen molar-refractivity contribution in [3.8, 4) is 0 Å². The minimum absolute atomic E-state index is 0.0805. The Balaban J connectivity index is 1.64. The van der Waals surface area contributed by atoms with Crippen LogP contribution in [0.15, 0.2) is 0 Å². The molecule has 2 amide bonds. The normalized spacial score (nSPS) is 38.4. The Labute approximate surface area is 127 Å². The van der Waals surface area contributed by atoms with E-state index in [1.54, 1.807) is 6.92 Å². The molecule has 0 heterocycles. The summed E-state index contributed by atoms with van der Waals surface area (Å²) in [5.74, 6) is 2.31. The van der Waals surface area contributed by atoms with E-state index >= 15 is 0 Å². The molecule has 21 heavy (non-hydrogen) atoms. The van der Waals surface area contributed by atoms with Crippen LogP contribution in [-0.4, -0.2) is 23.9 Å². The van der Waals surface area contributed by atoms with Gasteiger partial charge in [0.05, 0.1) is 0 Å². The Morgan fingerprint density at radius 1 is 0.905 bits per heavy atom. The molecule has 0 aliphatic heterocycles. The van der Waals surface area contributed by atoms with Crippen LogP contribution in [0.5, 0.6) is 0 Å². The van der Waals surface area contributed by atoms with Gasteiger partial charge in [-0.15, -0.1) is 0 Å². The van der Waals surface area contributed by atoms with Crippen molar-refractivity contribution in [2.75, 3.05) is 0 Å². The average Bonchev–Trinajstić information content (AvgIpc) is 2.35. The molecule has 4 nitrogen and oxygen atoms in total. The Bertz CT molecular complexity index is 409. The van der Waals surface area contributed by atoms with Crippen molar-refractivity contribution in [3.63, 3.8) is 0 Å². The second kappa shape index (κ2) is 5.29. The van der Waals surface area contributed by atoms with Gasteiger partial charge in [0.2, 0.25) is 11.8 Å². The van der Waals surface area contributed by atoms with E-state index in [1.807, 2.05) is 13.8 Å². The molecular weight excluding hydrogens is 264 g/mol. The maximum Gasteiger partial charge on any atom is 0.242 e. The van der Waals surface area contributed by atoms with Crippen molar-refractivity contribution in [2.24, 2.45) is 23.2 Å². The van der Waals surface area contributed by atoms with Gasteiger partial charge in [-0.05, 0) is 77.0 Å². The lowest BCUT2D eigenvalue weighted by Crippen LogP contribution is -2.57. The van der Waals surface area contributed by atoms with Crippen LogP contribution >= 0.6 is 0 Å². The van der Waals surface area contributed by atoms with Gasteiger partial charge >= 0.3 is 0 Å². The number of rotatable bonds is 4. The molecule has 0 saturated heterocycles. The predicted molar refractivity (Wildman–Crippen MR) is 81.5 cm³/mol. The molecule has 2 N–H and O–H groups in total. The third-order valence-electron chi connectivity index (χ3n) is 5.69. The van der Waals surface area contributed by atoms with E-state index < -0.39 is 6.04 Å². The summed E-state index contributed by atoms with van der Waals surface area (Å²) in [5.41, 5.74) is -0.166. The number of amides is 2. The highest BCUT2D eigenvalue weighted by Crippen LogP contribution is 2.60. The zero-order chi connectivity index (χ0) is 15.2. The number of nitrogens with one attached hydrogen (secondary N) is 2. The second-order valence-electron chi connectivity index (χ2n) is 8.06. The first-order chi connectivity index (χ1) is 9.88. The van der Waals surface area contributed by atoms with E-state index in [2.05, 4.69) is 10.6 Å². The fraction of sp³-hybridized carbons (Fsp3) is 0.882. The van der Waals surface area contributed by atoms with Crippen LogP contribution < -0.4 is 10.6 Å². The zero-order valence-electron chi connectivity index (χ0n) is 13.4. The van der Waals surface area contributed by atoms with Gasteiger partial charge in [0.25, 0.3) is 0 Å². The Hall–Kier alpha value is -1.06. The van der Waals surface area contributed by atoms with Crippen LogP contribution in [0.2, 0.25) is 0 Å². The molecule has 0 aromatic carbocycles. The summed E-state index contributed by atoms with van der Waals surface area (Å²) in [6.45, 7) is 5.66. The van der Waals surface area contributed by atoms with Crippen LogP contribution in [0, 0.1) is 23.2 Å². The van der Waals surface area contributed by atoms with Crippen molar-refractivity contribution < 1.29 is 9.59 Å². The minimum atomic E-state index is -0.437. The van der Waals surface area contributed by atoms with Crippen molar-refractivity contribution >= 4 is 11.8 Å². The molecule has 118 valence electrons. The summed E-state index contributed by atoms with van der Waals surface area (Å²) in [6.07, 6.45) is 7.12. The van der Waals surface area contributed by atoms with Gasteiger partial charge in [-0.1, -0.05) is 0 Å². The summed E-state index contributed by atoms with van der Waals surface area (Å²) in [7, 11) is 0. The van der Waals surface area contributed by atoms with Gasteiger partial charge in [0.1, 0.15) is 6.04 Å². The van der Waals surface area contributed by atoms with Crippen molar-refractivity contribution in [2.45, 2.75) is 71.4 Å². The molecule has 0 radical (unpaired) electrons. The van der Waals surface area contributed by atoms with Crippen LogP contribution in [0.4, 0.5) is 0 Å². The zero-order valence-corrected chi connectivity index (χ0v) is 13.4. The van der Waals surface area contributed by atoms with Gasteiger partial charge < -0.3 is 10.6 Å². The first-order valence-corrected chi connectivity index (χ1v) is 8.49. The summed E-state index contributed by atoms with van der Waals surface area (Å²) < 4.78 is 0. The summed E-state index contributed by atoms with van der Waals surface area (Å²) in [5, 5.41) is 5.86. The molecule has 4 bridgehead atoms. The lowest BCUT2D eigenvalue weighted by molar-refractivity contribution is -0.148. The average molecular weight is 292 g/mol. The quantitative estimate of drug-likeness (QED) is 0.835.